The van der Waals surface area contributed by atoms with Crippen LogP contribution >= 0.6 is 0 Å². The number of benzene rings is 2. The average Bonchev–Trinajstić information content (AvgIpc) is 2.99. The van der Waals surface area contributed by atoms with Crippen LogP contribution in [0.1, 0.15) is 17.0 Å². The summed E-state index contributed by atoms with van der Waals surface area (Å²) < 4.78 is 72.7. The maximum Gasteiger partial charge on any atom is 0.488 e. The van der Waals surface area contributed by atoms with Gasteiger partial charge in [0.1, 0.15) is 41.9 Å². The lowest BCUT2D eigenvalue weighted by molar-refractivity contribution is 0.292. The molecule has 2 aromatic carbocycles. The minimum absolute atomic E-state index is 0.166. The Morgan fingerprint density at radius 2 is 1.68 bits per heavy atom. The van der Waals surface area contributed by atoms with Crippen LogP contribution in [0.25, 0.3) is 0 Å². The van der Waals surface area contributed by atoms with E-state index < -0.39 is 28.7 Å². The van der Waals surface area contributed by atoms with Crippen LogP contribution < -0.4 is 8.92 Å². The van der Waals surface area contributed by atoms with Crippen molar-refractivity contribution in [2.75, 3.05) is 0 Å². The highest BCUT2D eigenvalue weighted by atomic mass is 32.3. The van der Waals surface area contributed by atoms with Gasteiger partial charge in [0.25, 0.3) is 0 Å². The van der Waals surface area contributed by atoms with Gasteiger partial charge in [-0.1, -0.05) is 3.89 Å². The van der Waals surface area contributed by atoms with E-state index in [1.165, 1.54) is 35.3 Å². The number of rotatable bonds is 7. The lowest BCUT2D eigenvalue weighted by Crippen LogP contribution is -2.08. The predicted molar refractivity (Wildman–Crippen MR) is 91.6 cm³/mol. The van der Waals surface area contributed by atoms with E-state index in [0.29, 0.717) is 11.4 Å². The van der Waals surface area contributed by atoms with Crippen molar-refractivity contribution in [1.82, 2.24) is 14.8 Å². The van der Waals surface area contributed by atoms with Crippen molar-refractivity contribution < 1.29 is 30.0 Å². The van der Waals surface area contributed by atoms with Crippen LogP contribution in [0.15, 0.2) is 42.7 Å². The second-order valence-corrected chi connectivity index (χ2v) is 6.69. The van der Waals surface area contributed by atoms with Gasteiger partial charge < -0.3 is 8.92 Å². The number of aryl methyl sites for hydroxylation is 1. The van der Waals surface area contributed by atoms with Crippen molar-refractivity contribution >= 4 is 10.5 Å². The molecule has 0 unspecified atom stereocenters. The van der Waals surface area contributed by atoms with E-state index >= 15 is 0 Å². The molecule has 0 saturated heterocycles. The molecule has 0 saturated carbocycles. The molecule has 3 rings (SSSR count). The molecule has 0 aliphatic rings. The van der Waals surface area contributed by atoms with Gasteiger partial charge in [-0.3, -0.25) is 0 Å². The summed E-state index contributed by atoms with van der Waals surface area (Å²) in [6, 6.07) is 7.21. The molecule has 0 radical (unpaired) electrons. The first-order valence-corrected chi connectivity index (χ1v) is 9.20. The number of ether oxygens (including phenoxy) is 1. The summed E-state index contributed by atoms with van der Waals surface area (Å²) in [6.07, 6.45) is 1.35. The van der Waals surface area contributed by atoms with Gasteiger partial charge in [0.2, 0.25) is 0 Å². The third-order valence-corrected chi connectivity index (χ3v) is 4.14. The van der Waals surface area contributed by atoms with Gasteiger partial charge >= 0.3 is 10.5 Å². The molecule has 0 spiro atoms. The summed E-state index contributed by atoms with van der Waals surface area (Å²) in [4.78, 5) is 3.95. The van der Waals surface area contributed by atoms with Crippen LogP contribution in [0.5, 0.6) is 11.5 Å². The van der Waals surface area contributed by atoms with E-state index in [2.05, 4.69) is 14.3 Å². The molecule has 0 amide bonds. The van der Waals surface area contributed by atoms with E-state index in [9.17, 15) is 21.1 Å². The molecule has 3 aromatic rings. The molecule has 0 aliphatic heterocycles. The molecule has 0 aliphatic carbocycles. The summed E-state index contributed by atoms with van der Waals surface area (Å²) in [5.74, 6) is -1.03. The van der Waals surface area contributed by atoms with Gasteiger partial charge in [0, 0.05) is 0 Å². The van der Waals surface area contributed by atoms with Gasteiger partial charge in [0.15, 0.2) is 0 Å². The van der Waals surface area contributed by atoms with Crippen molar-refractivity contribution in [2.45, 2.75) is 20.1 Å². The van der Waals surface area contributed by atoms with Crippen LogP contribution in [0.3, 0.4) is 0 Å². The van der Waals surface area contributed by atoms with Crippen molar-refractivity contribution in [1.29, 1.82) is 0 Å². The quantitative estimate of drug-likeness (QED) is 0.554. The molecule has 28 heavy (non-hydrogen) atoms. The highest BCUT2D eigenvalue weighted by Crippen LogP contribution is 2.22. The van der Waals surface area contributed by atoms with Gasteiger partial charge in [0.05, 0.1) is 12.1 Å². The van der Waals surface area contributed by atoms with Crippen LogP contribution in [0, 0.1) is 18.6 Å². The first kappa shape index (κ1) is 19.7. The van der Waals surface area contributed by atoms with E-state index in [0.717, 1.165) is 12.1 Å². The number of halogens is 3. The number of hydrogen-bond donors (Lipinski definition) is 0. The predicted octanol–water partition coefficient (Wildman–Crippen LogP) is 3.09. The lowest BCUT2D eigenvalue weighted by Gasteiger charge is -2.11. The fraction of sp³-hybridized carbons (Fsp3) is 0.176. The van der Waals surface area contributed by atoms with Crippen molar-refractivity contribution in [3.8, 4) is 11.5 Å². The van der Waals surface area contributed by atoms with E-state index in [-0.39, 0.29) is 23.6 Å². The number of aromatic nitrogens is 3. The third kappa shape index (κ3) is 5.00. The molecular weight excluding hydrogens is 399 g/mol. The Morgan fingerprint density at radius 1 is 1.07 bits per heavy atom. The molecule has 1 heterocycles. The Morgan fingerprint density at radius 3 is 2.21 bits per heavy atom. The molecule has 1 aromatic heterocycles. The maximum absolute atomic E-state index is 14.3. The zero-order valence-electron chi connectivity index (χ0n) is 14.5. The molecule has 11 heteroatoms. The van der Waals surface area contributed by atoms with E-state index in [1.54, 1.807) is 6.92 Å². The van der Waals surface area contributed by atoms with Crippen LogP contribution in [-0.4, -0.2) is 23.2 Å². The maximum atomic E-state index is 14.3. The minimum atomic E-state index is -5.13. The van der Waals surface area contributed by atoms with Gasteiger partial charge in [-0.15, -0.1) is 0 Å². The van der Waals surface area contributed by atoms with Crippen molar-refractivity contribution in [2.24, 2.45) is 0 Å². The summed E-state index contributed by atoms with van der Waals surface area (Å²) in [7, 11) is -5.13. The standard InChI is InChI=1S/C17H14F3N3O4S/c1-11-21-10-22-23(11)8-12-6-16(18)15(17(19)7-12)9-26-13-2-4-14(5-3-13)27-28(20,24)25/h2-7,10H,8-9H2,1H3. The largest absolute Gasteiger partial charge is 0.489 e. The van der Waals surface area contributed by atoms with Crippen LogP contribution in [0.2, 0.25) is 0 Å². The number of hydrogen-bond acceptors (Lipinski definition) is 6. The minimum Gasteiger partial charge on any atom is -0.489 e. The third-order valence-electron chi connectivity index (χ3n) is 3.74. The zero-order valence-corrected chi connectivity index (χ0v) is 15.3. The Labute approximate surface area is 158 Å². The molecule has 148 valence electrons. The summed E-state index contributed by atoms with van der Waals surface area (Å²) in [6.45, 7) is 1.49. The first-order valence-electron chi connectivity index (χ1n) is 7.89. The summed E-state index contributed by atoms with van der Waals surface area (Å²) in [5.41, 5.74) is 0.104. The fourth-order valence-electron chi connectivity index (χ4n) is 2.40. The monoisotopic (exact) mass is 413 g/mol. The highest BCUT2D eigenvalue weighted by molar-refractivity contribution is 7.81. The molecular formula is C17H14F3N3O4S. The Bertz CT molecular complexity index is 1060. The van der Waals surface area contributed by atoms with Gasteiger partial charge in [-0.25, -0.2) is 18.4 Å². The van der Waals surface area contributed by atoms with Gasteiger partial charge in [-0.2, -0.15) is 13.5 Å². The van der Waals surface area contributed by atoms with E-state index in [1.807, 2.05) is 0 Å². The average molecular weight is 413 g/mol. The lowest BCUT2D eigenvalue weighted by atomic mass is 10.1. The molecule has 7 nitrogen and oxygen atoms in total. The SMILES string of the molecule is Cc1ncnn1Cc1cc(F)c(COc2ccc(OS(=O)(=O)F)cc2)c(F)c1. The molecule has 0 fully saturated rings. The van der Waals surface area contributed by atoms with Crippen LogP contribution in [-0.2, 0) is 23.7 Å². The molecule has 0 bridgehead atoms. The zero-order chi connectivity index (χ0) is 20.3. The fourth-order valence-corrected chi connectivity index (χ4v) is 2.74. The van der Waals surface area contributed by atoms with Crippen LogP contribution in [0.4, 0.5) is 12.7 Å². The Balaban J connectivity index is 1.68. The summed E-state index contributed by atoms with van der Waals surface area (Å²) in [5, 5.41) is 3.96. The van der Waals surface area contributed by atoms with Crippen molar-refractivity contribution in [3.63, 3.8) is 0 Å². The Hall–Kier alpha value is -3.08. The smallest absolute Gasteiger partial charge is 0.488 e. The normalized spacial score (nSPS) is 11.4. The molecule has 0 N–H and O–H groups in total. The van der Waals surface area contributed by atoms with Crippen molar-refractivity contribution in [3.05, 3.63) is 71.3 Å². The van der Waals surface area contributed by atoms with E-state index in [4.69, 9.17) is 4.74 Å². The Kier molecular flexibility index (Phi) is 5.54. The second kappa shape index (κ2) is 7.89. The van der Waals surface area contributed by atoms with Gasteiger partial charge in [-0.05, 0) is 48.9 Å². The summed E-state index contributed by atoms with van der Waals surface area (Å²) >= 11 is 0. The molecule has 0 atom stereocenters. The number of nitrogens with zero attached hydrogens (tertiary/aromatic N) is 3. The second-order valence-electron chi connectivity index (χ2n) is 5.74. The first-order chi connectivity index (χ1) is 13.2. The highest BCUT2D eigenvalue weighted by Gasteiger charge is 2.14. The topological polar surface area (TPSA) is 83.3 Å².